The first-order valence-corrected chi connectivity index (χ1v) is 3.61. The predicted octanol–water partition coefficient (Wildman–Crippen LogP) is 0.727. The van der Waals surface area contributed by atoms with Crippen molar-refractivity contribution in [2.75, 3.05) is 26.8 Å². The molecule has 0 aliphatic carbocycles. The minimum atomic E-state index is 0.722. The molecule has 2 heteroatoms. The van der Waals surface area contributed by atoms with Crippen LogP contribution in [0.2, 0.25) is 0 Å². The molecule has 1 fully saturated rings. The Labute approximate surface area is 56.8 Å². The van der Waals surface area contributed by atoms with E-state index in [1.807, 2.05) is 0 Å². The largest absolute Gasteiger partial charge is 0.383 e. The Hall–Kier alpha value is -0.0800. The van der Waals surface area contributed by atoms with Crippen LogP contribution in [0.5, 0.6) is 0 Å². The third-order valence-electron chi connectivity index (χ3n) is 2.03. The molecular formula is C7H15NO. The highest BCUT2D eigenvalue weighted by Gasteiger charge is 2.25. The van der Waals surface area contributed by atoms with E-state index < -0.39 is 0 Å². The van der Waals surface area contributed by atoms with Gasteiger partial charge in [-0.05, 0) is 13.0 Å². The van der Waals surface area contributed by atoms with Gasteiger partial charge in [-0.3, -0.25) is 4.90 Å². The molecule has 1 heterocycles. The second kappa shape index (κ2) is 3.18. The minimum absolute atomic E-state index is 0.722. The van der Waals surface area contributed by atoms with Gasteiger partial charge in [0, 0.05) is 19.7 Å². The minimum Gasteiger partial charge on any atom is -0.383 e. The molecule has 54 valence electrons. The molecule has 0 radical (unpaired) electrons. The third kappa shape index (κ3) is 1.43. The van der Waals surface area contributed by atoms with Gasteiger partial charge in [-0.1, -0.05) is 6.92 Å². The lowest BCUT2D eigenvalue weighted by molar-refractivity contribution is 0.0279. The highest BCUT2D eigenvalue weighted by molar-refractivity contribution is 4.80. The summed E-state index contributed by atoms with van der Waals surface area (Å²) in [6.07, 6.45) is 1.32. The van der Waals surface area contributed by atoms with Crippen LogP contribution in [-0.2, 0) is 4.74 Å². The van der Waals surface area contributed by atoms with Gasteiger partial charge < -0.3 is 4.74 Å². The van der Waals surface area contributed by atoms with Gasteiger partial charge in [0.2, 0.25) is 0 Å². The monoisotopic (exact) mass is 129 g/mol. The topological polar surface area (TPSA) is 12.5 Å². The van der Waals surface area contributed by atoms with Crippen molar-refractivity contribution in [3.8, 4) is 0 Å². The van der Waals surface area contributed by atoms with Gasteiger partial charge in [-0.2, -0.15) is 0 Å². The van der Waals surface area contributed by atoms with Gasteiger partial charge in [-0.15, -0.1) is 0 Å². The Bertz CT molecular complexity index is 83.0. The fourth-order valence-electron chi connectivity index (χ4n) is 1.29. The van der Waals surface area contributed by atoms with Crippen molar-refractivity contribution in [1.29, 1.82) is 0 Å². The van der Waals surface area contributed by atoms with Crippen LogP contribution in [0.25, 0.3) is 0 Å². The normalized spacial score (nSPS) is 28.0. The molecule has 1 aliphatic heterocycles. The van der Waals surface area contributed by atoms with E-state index in [0.717, 1.165) is 12.6 Å². The van der Waals surface area contributed by atoms with Crippen LogP contribution in [0.15, 0.2) is 0 Å². The zero-order valence-corrected chi connectivity index (χ0v) is 6.26. The van der Waals surface area contributed by atoms with E-state index in [0.29, 0.717) is 0 Å². The van der Waals surface area contributed by atoms with Gasteiger partial charge in [0.15, 0.2) is 0 Å². The lowest BCUT2D eigenvalue weighted by atomic mass is 10.1. The first-order valence-electron chi connectivity index (χ1n) is 3.61. The maximum atomic E-state index is 5.04. The van der Waals surface area contributed by atoms with Gasteiger partial charge in [0.1, 0.15) is 0 Å². The standard InChI is InChI=1S/C7H15NO/c1-3-8-5-4-7(8)6-9-2/h7H,3-6H2,1-2H3. The number of ether oxygens (including phenoxy) is 1. The molecule has 2 nitrogen and oxygen atoms in total. The van der Waals surface area contributed by atoms with E-state index in [-0.39, 0.29) is 0 Å². The van der Waals surface area contributed by atoms with Crippen LogP contribution in [0.1, 0.15) is 13.3 Å². The summed E-state index contributed by atoms with van der Waals surface area (Å²) in [5.41, 5.74) is 0. The summed E-state index contributed by atoms with van der Waals surface area (Å²) >= 11 is 0. The SMILES string of the molecule is CCN1CCC1COC. The van der Waals surface area contributed by atoms with Crippen LogP contribution < -0.4 is 0 Å². The molecule has 0 aromatic rings. The predicted molar refractivity (Wildman–Crippen MR) is 37.5 cm³/mol. The summed E-state index contributed by atoms with van der Waals surface area (Å²) in [6, 6.07) is 0.722. The van der Waals surface area contributed by atoms with E-state index in [2.05, 4.69) is 11.8 Å². The Morgan fingerprint density at radius 2 is 2.44 bits per heavy atom. The average Bonchev–Trinajstić information content (AvgIpc) is 1.82. The molecule has 1 aliphatic rings. The molecule has 0 bridgehead atoms. The zero-order valence-electron chi connectivity index (χ0n) is 6.26. The van der Waals surface area contributed by atoms with E-state index in [1.54, 1.807) is 7.11 Å². The first kappa shape index (κ1) is 7.03. The molecular weight excluding hydrogens is 114 g/mol. The average molecular weight is 129 g/mol. The van der Waals surface area contributed by atoms with Crippen LogP contribution >= 0.6 is 0 Å². The van der Waals surface area contributed by atoms with E-state index in [9.17, 15) is 0 Å². The second-order valence-electron chi connectivity index (χ2n) is 2.53. The number of nitrogens with zero attached hydrogens (tertiary/aromatic N) is 1. The second-order valence-corrected chi connectivity index (χ2v) is 2.53. The first-order chi connectivity index (χ1) is 4.38. The number of hydrogen-bond donors (Lipinski definition) is 0. The molecule has 0 aromatic heterocycles. The summed E-state index contributed by atoms with van der Waals surface area (Å²) in [7, 11) is 1.77. The highest BCUT2D eigenvalue weighted by Crippen LogP contribution is 2.15. The van der Waals surface area contributed by atoms with Crippen molar-refractivity contribution in [1.82, 2.24) is 4.90 Å². The van der Waals surface area contributed by atoms with E-state index in [4.69, 9.17) is 4.74 Å². The maximum Gasteiger partial charge on any atom is 0.0618 e. The Morgan fingerprint density at radius 3 is 2.78 bits per heavy atom. The fraction of sp³-hybridized carbons (Fsp3) is 1.00. The Morgan fingerprint density at radius 1 is 1.67 bits per heavy atom. The molecule has 0 amide bonds. The van der Waals surface area contributed by atoms with Crippen molar-refractivity contribution >= 4 is 0 Å². The van der Waals surface area contributed by atoms with Crippen LogP contribution in [0, 0.1) is 0 Å². The molecule has 0 aromatic carbocycles. The fourth-order valence-corrected chi connectivity index (χ4v) is 1.29. The molecule has 1 atom stereocenters. The van der Waals surface area contributed by atoms with Crippen molar-refractivity contribution in [3.05, 3.63) is 0 Å². The van der Waals surface area contributed by atoms with E-state index in [1.165, 1.54) is 19.5 Å². The highest BCUT2D eigenvalue weighted by atomic mass is 16.5. The molecule has 0 saturated carbocycles. The van der Waals surface area contributed by atoms with Crippen molar-refractivity contribution < 1.29 is 4.74 Å². The van der Waals surface area contributed by atoms with Gasteiger partial charge >= 0.3 is 0 Å². The van der Waals surface area contributed by atoms with Crippen molar-refractivity contribution in [2.45, 2.75) is 19.4 Å². The summed E-state index contributed by atoms with van der Waals surface area (Å²) in [5.74, 6) is 0. The summed E-state index contributed by atoms with van der Waals surface area (Å²) in [5, 5.41) is 0. The number of likely N-dealkylation sites (N-methyl/N-ethyl adjacent to an activating group) is 1. The van der Waals surface area contributed by atoms with Crippen molar-refractivity contribution in [3.63, 3.8) is 0 Å². The molecule has 1 unspecified atom stereocenters. The smallest absolute Gasteiger partial charge is 0.0618 e. The molecule has 1 saturated heterocycles. The summed E-state index contributed by atoms with van der Waals surface area (Å²) < 4.78 is 5.04. The van der Waals surface area contributed by atoms with Crippen LogP contribution in [0.4, 0.5) is 0 Å². The quantitative estimate of drug-likeness (QED) is 0.557. The summed E-state index contributed by atoms with van der Waals surface area (Å²) in [6.45, 7) is 5.55. The Balaban J connectivity index is 2.11. The van der Waals surface area contributed by atoms with Crippen LogP contribution in [-0.4, -0.2) is 37.7 Å². The lowest BCUT2D eigenvalue weighted by Gasteiger charge is -2.39. The number of methoxy groups -OCH3 is 1. The van der Waals surface area contributed by atoms with Gasteiger partial charge in [0.25, 0.3) is 0 Å². The van der Waals surface area contributed by atoms with Gasteiger partial charge in [-0.25, -0.2) is 0 Å². The number of hydrogen-bond acceptors (Lipinski definition) is 2. The molecule has 0 spiro atoms. The third-order valence-corrected chi connectivity index (χ3v) is 2.03. The molecule has 1 rings (SSSR count). The lowest BCUT2D eigenvalue weighted by Crippen LogP contribution is -2.49. The summed E-state index contributed by atoms with van der Waals surface area (Å²) in [4.78, 5) is 2.43. The molecule has 0 N–H and O–H groups in total. The van der Waals surface area contributed by atoms with Crippen molar-refractivity contribution in [2.24, 2.45) is 0 Å². The number of likely N-dealkylation sites (tertiary alicyclic amines) is 1. The van der Waals surface area contributed by atoms with Gasteiger partial charge in [0.05, 0.1) is 6.61 Å². The molecule has 9 heavy (non-hydrogen) atoms. The maximum absolute atomic E-state index is 5.04. The number of rotatable bonds is 3. The zero-order chi connectivity index (χ0) is 6.69. The van der Waals surface area contributed by atoms with Crippen LogP contribution in [0.3, 0.4) is 0 Å². The Kier molecular flexibility index (Phi) is 2.49. The van der Waals surface area contributed by atoms with E-state index >= 15 is 0 Å².